The van der Waals surface area contributed by atoms with Crippen LogP contribution in [0.1, 0.15) is 112 Å². The summed E-state index contributed by atoms with van der Waals surface area (Å²) >= 11 is 0. The zero-order valence-electron chi connectivity index (χ0n) is 45.7. The third-order valence-electron chi connectivity index (χ3n) is 14.0. The number of amides is 8. The number of aliphatic hydroxyl groups is 1. The van der Waals surface area contributed by atoms with Gasteiger partial charge in [0.25, 0.3) is 11.8 Å². The van der Waals surface area contributed by atoms with Crippen LogP contribution in [0.25, 0.3) is 0 Å². The van der Waals surface area contributed by atoms with E-state index in [4.69, 9.17) is 14.0 Å². The first-order valence-electron chi connectivity index (χ1n) is 25.3. The maximum absolute atomic E-state index is 14.5. The van der Waals surface area contributed by atoms with Crippen LogP contribution >= 0.6 is 7.75 Å². The molecule has 1 fully saturated rings. The summed E-state index contributed by atoms with van der Waals surface area (Å²) in [6.07, 6.45) is 1.37. The van der Waals surface area contributed by atoms with Crippen molar-refractivity contribution in [3.05, 3.63) is 48.0 Å². The summed E-state index contributed by atoms with van der Waals surface area (Å²) < 4.78 is 31.3. The summed E-state index contributed by atoms with van der Waals surface area (Å²) in [6.45, 7) is 14.4. The van der Waals surface area contributed by atoms with E-state index in [9.17, 15) is 52.9 Å². The third-order valence-corrected chi connectivity index (χ3v) is 15.5. The number of benzene rings is 1. The van der Waals surface area contributed by atoms with Crippen molar-refractivity contribution in [3.8, 4) is 0 Å². The van der Waals surface area contributed by atoms with Gasteiger partial charge in [0.15, 0.2) is 0 Å². The standard InChI is InChI=1S/C51H82N7O14P.K/c1-13-33(6)46(38(70-11)29-43(63)57-27-25-37(30-57)48(71-12)34(7)49(65)53-35(8)47(64)36-19-15-14-16-20-36)55(9)51(67)44(31(2)3)54-50(66)45(32(4)5)56(10)73(68,69)72-28-26-52-39(59)21-17-18-22-40(60)58-41(61)23-24-42(58)62;/h14-16,19-20,23-24,31-35,37-38,44-48,64H,13,17-18,21-22,25-30H2,1-12H3,(H,52,59)(H,53,65)(H,54,66)(H,68,69);/q;+1/p-1/t33-,34+,35+,37?,38+,44-,45-,46-,47+,48+;/m0./s1. The van der Waals surface area contributed by atoms with E-state index >= 15 is 0 Å². The Labute approximate surface area is 480 Å². The monoisotopic (exact) mass is 1090 g/mol. The SMILES string of the molecule is CC[C@H](C)[C@@H]([C@@H](CC(=O)N1CCC([C@H](OC)[C@@H](C)C(=O)N[C@H](C)[C@@H](O)c2ccccc2)C1)OC)N(C)C(=O)[C@@H](NC(=O)[C@H](C(C)C)N(C)P(=O)([O-])OCCNC(=O)CCCCC(=O)N1C(=O)C=CC1=O)C(C)C.[K+]. The molecule has 2 aliphatic heterocycles. The maximum Gasteiger partial charge on any atom is 1.00 e. The number of rotatable bonds is 30. The van der Waals surface area contributed by atoms with Crippen LogP contribution in [-0.2, 0) is 56.9 Å². The van der Waals surface area contributed by atoms with E-state index < -0.39 is 110 Å². The van der Waals surface area contributed by atoms with E-state index in [1.54, 1.807) is 65.6 Å². The van der Waals surface area contributed by atoms with E-state index in [1.807, 2.05) is 32.0 Å². The third kappa shape index (κ3) is 18.7. The molecule has 0 bridgehead atoms. The van der Waals surface area contributed by atoms with Crippen molar-refractivity contribution in [1.82, 2.24) is 35.3 Å². The van der Waals surface area contributed by atoms with Gasteiger partial charge in [0.05, 0.1) is 55.4 Å². The minimum Gasteiger partial charge on any atom is -0.766 e. The van der Waals surface area contributed by atoms with E-state index in [-0.39, 0.29) is 114 Å². The zero-order chi connectivity index (χ0) is 54.9. The van der Waals surface area contributed by atoms with Crippen LogP contribution in [0.5, 0.6) is 0 Å². The predicted octanol–water partition coefficient (Wildman–Crippen LogP) is -0.283. The van der Waals surface area contributed by atoms with Gasteiger partial charge in [0.1, 0.15) is 6.04 Å². The number of carbonyl (C=O) groups excluding carboxylic acids is 8. The van der Waals surface area contributed by atoms with E-state index in [1.165, 1.54) is 26.2 Å². The van der Waals surface area contributed by atoms with E-state index in [0.717, 1.165) is 16.8 Å². The van der Waals surface area contributed by atoms with Crippen LogP contribution in [0.4, 0.5) is 0 Å². The van der Waals surface area contributed by atoms with Gasteiger partial charge >= 0.3 is 51.4 Å². The molecule has 21 nitrogen and oxygen atoms in total. The molecular formula is C51H81KN7O14P. The van der Waals surface area contributed by atoms with Gasteiger partial charge < -0.3 is 49.7 Å². The molecule has 74 heavy (non-hydrogen) atoms. The predicted molar refractivity (Wildman–Crippen MR) is 269 cm³/mol. The number of methoxy groups -OCH3 is 2. The van der Waals surface area contributed by atoms with Crippen LogP contribution in [-0.4, -0.2) is 163 Å². The Morgan fingerprint density at radius 1 is 0.865 bits per heavy atom. The van der Waals surface area contributed by atoms with E-state index in [0.29, 0.717) is 36.4 Å². The fourth-order valence-electron chi connectivity index (χ4n) is 9.52. The molecule has 0 spiro atoms. The number of nitrogens with zero attached hydrogens (tertiary/aromatic N) is 4. The largest absolute Gasteiger partial charge is 1.00 e. The Bertz CT molecular complexity index is 2120. The van der Waals surface area contributed by atoms with Gasteiger partial charge in [-0.2, -0.15) is 0 Å². The maximum atomic E-state index is 14.5. The Kier molecular flexibility index (Phi) is 28.8. The van der Waals surface area contributed by atoms with Gasteiger partial charge in [-0.25, -0.2) is 9.57 Å². The summed E-state index contributed by atoms with van der Waals surface area (Å²) in [5.74, 6) is -6.15. The summed E-state index contributed by atoms with van der Waals surface area (Å²) in [6, 6.07) is 5.48. The molecule has 23 heteroatoms. The molecule has 0 aliphatic carbocycles. The molecule has 410 valence electrons. The van der Waals surface area contributed by atoms with Gasteiger partial charge in [0.2, 0.25) is 43.2 Å². The minimum absolute atomic E-state index is 0. The molecule has 8 amide bonds. The fraction of sp³-hybridized carbons (Fsp3) is 0.686. The summed E-state index contributed by atoms with van der Waals surface area (Å²) in [5, 5.41) is 19.1. The first kappa shape index (κ1) is 66.9. The molecule has 1 saturated heterocycles. The number of imide groups is 3. The normalized spacial score (nSPS) is 19.2. The van der Waals surface area contributed by atoms with Crippen molar-refractivity contribution < 1.29 is 118 Å². The van der Waals surface area contributed by atoms with Crippen molar-refractivity contribution in [2.75, 3.05) is 54.6 Å². The molecule has 1 aromatic rings. The number of hydrogen-bond acceptors (Lipinski definition) is 14. The number of ether oxygens (including phenoxy) is 2. The van der Waals surface area contributed by atoms with Crippen molar-refractivity contribution in [3.63, 3.8) is 0 Å². The summed E-state index contributed by atoms with van der Waals surface area (Å²) in [4.78, 5) is 121. The topological polar surface area (TPSA) is 274 Å². The summed E-state index contributed by atoms with van der Waals surface area (Å²) in [5.41, 5.74) is 0.683. The van der Waals surface area contributed by atoms with Crippen molar-refractivity contribution in [1.29, 1.82) is 0 Å². The second kappa shape index (κ2) is 31.8. The number of carbonyl (C=O) groups is 8. The smallest absolute Gasteiger partial charge is 0.766 e. The molecule has 2 unspecified atom stereocenters. The number of unbranched alkanes of at least 4 members (excludes halogenated alkanes) is 1. The number of hydrogen-bond donors (Lipinski definition) is 4. The number of aliphatic hydroxyl groups excluding tert-OH is 1. The molecule has 0 radical (unpaired) electrons. The number of nitrogens with one attached hydrogen (secondary N) is 3. The molecule has 11 atom stereocenters. The zero-order valence-corrected chi connectivity index (χ0v) is 49.8. The quantitative estimate of drug-likeness (QED) is 0.0334. The van der Waals surface area contributed by atoms with E-state index in [2.05, 4.69) is 16.0 Å². The average Bonchev–Trinajstić information content (AvgIpc) is 3.98. The molecule has 0 aromatic heterocycles. The molecule has 2 heterocycles. The second-order valence-electron chi connectivity index (χ2n) is 19.9. The van der Waals surface area contributed by atoms with Gasteiger partial charge in [-0.15, -0.1) is 0 Å². The fourth-order valence-corrected chi connectivity index (χ4v) is 10.7. The Balaban J connectivity index is 0.0000187. The Hall–Kier alpha value is -3.25. The van der Waals surface area contributed by atoms with Gasteiger partial charge in [-0.3, -0.25) is 42.9 Å². The number of likely N-dealkylation sites (N-methyl/N-ethyl adjacent to an activating group) is 2. The Morgan fingerprint density at radius 3 is 2.03 bits per heavy atom. The first-order chi connectivity index (χ1) is 34.3. The minimum atomic E-state index is -4.90. The van der Waals surface area contributed by atoms with Crippen LogP contribution < -0.4 is 72.2 Å². The van der Waals surface area contributed by atoms with Crippen molar-refractivity contribution in [2.24, 2.45) is 29.6 Å². The molecule has 3 rings (SSSR count). The van der Waals surface area contributed by atoms with Gasteiger partial charge in [-0.05, 0) is 56.6 Å². The average molecular weight is 1090 g/mol. The van der Waals surface area contributed by atoms with Crippen LogP contribution in [0.15, 0.2) is 42.5 Å². The first-order valence-corrected chi connectivity index (χ1v) is 26.8. The molecule has 0 saturated carbocycles. The molecule has 2 aliphatic rings. The van der Waals surface area contributed by atoms with Crippen LogP contribution in [0, 0.1) is 29.6 Å². The van der Waals surface area contributed by atoms with Crippen molar-refractivity contribution >= 4 is 55.0 Å². The Morgan fingerprint density at radius 2 is 1.47 bits per heavy atom. The van der Waals surface area contributed by atoms with Crippen LogP contribution in [0.3, 0.4) is 0 Å². The van der Waals surface area contributed by atoms with Crippen molar-refractivity contribution in [2.45, 2.75) is 143 Å². The number of likely N-dealkylation sites (tertiary alicyclic amines) is 1. The van der Waals surface area contributed by atoms with Crippen LogP contribution in [0.2, 0.25) is 0 Å². The molecule has 1 aromatic carbocycles. The molecular weight excluding hydrogens is 1000 g/mol. The van der Waals surface area contributed by atoms with Gasteiger partial charge in [0, 0.05) is 71.8 Å². The van der Waals surface area contributed by atoms with Gasteiger partial charge in [-0.1, -0.05) is 85.2 Å². The second-order valence-corrected chi connectivity index (χ2v) is 21.8. The summed E-state index contributed by atoms with van der Waals surface area (Å²) in [7, 11) is 0.920. The molecule has 4 N–H and O–H groups in total.